The van der Waals surface area contributed by atoms with Gasteiger partial charge in [-0.25, -0.2) is 0 Å². The molecule has 0 aliphatic heterocycles. The molecule has 4 rings (SSSR count). The van der Waals surface area contributed by atoms with Crippen molar-refractivity contribution < 1.29 is 23.0 Å². The van der Waals surface area contributed by atoms with E-state index >= 15 is 0 Å². The minimum atomic E-state index is -4.38. The lowest BCUT2D eigenvalue weighted by Gasteiger charge is -2.29. The monoisotopic (exact) mass is 443 g/mol. The van der Waals surface area contributed by atoms with E-state index in [1.807, 2.05) is 18.2 Å². The number of aromatic nitrogens is 1. The van der Waals surface area contributed by atoms with E-state index in [1.54, 1.807) is 22.9 Å². The molecule has 2 unspecified atom stereocenters. The van der Waals surface area contributed by atoms with Crippen molar-refractivity contribution >= 4 is 0 Å². The van der Waals surface area contributed by atoms with E-state index in [-0.39, 0.29) is 18.2 Å². The van der Waals surface area contributed by atoms with Gasteiger partial charge in [-0.2, -0.15) is 13.2 Å². The molecule has 1 aliphatic carbocycles. The number of rotatable bonds is 5. The fourth-order valence-corrected chi connectivity index (χ4v) is 4.13. The Kier molecular flexibility index (Phi) is 6.37. The summed E-state index contributed by atoms with van der Waals surface area (Å²) >= 11 is 0. The fraction of sp³-hybridized carbons (Fsp3) is 0.320. The second-order valence-electron chi connectivity index (χ2n) is 8.06. The lowest BCUT2D eigenvalue weighted by Crippen LogP contribution is -2.34. The summed E-state index contributed by atoms with van der Waals surface area (Å²) in [5, 5.41) is 10.3. The highest BCUT2D eigenvalue weighted by molar-refractivity contribution is 5.69. The number of ether oxygens (including phenoxy) is 1. The zero-order chi connectivity index (χ0) is 22.7. The average Bonchev–Trinajstić information content (AvgIpc) is 2.78. The second-order valence-corrected chi connectivity index (χ2v) is 8.06. The molecule has 1 fully saturated rings. The van der Waals surface area contributed by atoms with Crippen LogP contribution in [0.4, 0.5) is 13.2 Å². The van der Waals surface area contributed by atoms with Crippen LogP contribution in [0.3, 0.4) is 0 Å². The van der Waals surface area contributed by atoms with Crippen molar-refractivity contribution in [2.75, 3.05) is 0 Å². The van der Waals surface area contributed by atoms with E-state index in [4.69, 9.17) is 4.74 Å². The SMILES string of the molecule is O=c1cc(-c2ccccc2OCc2ccc(C(F)(F)F)cc2)ccn1C1CCCCC1O. The van der Waals surface area contributed by atoms with Crippen LogP contribution in [0.2, 0.25) is 0 Å². The minimum Gasteiger partial charge on any atom is -0.488 e. The van der Waals surface area contributed by atoms with Gasteiger partial charge >= 0.3 is 6.18 Å². The van der Waals surface area contributed by atoms with Gasteiger partial charge in [0.05, 0.1) is 17.7 Å². The van der Waals surface area contributed by atoms with Gasteiger partial charge in [0.15, 0.2) is 0 Å². The predicted octanol–water partition coefficient (Wildman–Crippen LogP) is 5.59. The third-order valence-corrected chi connectivity index (χ3v) is 5.87. The van der Waals surface area contributed by atoms with Gasteiger partial charge in [0.1, 0.15) is 12.4 Å². The Morgan fingerprint density at radius 1 is 1.00 bits per heavy atom. The standard InChI is InChI=1S/C25H24F3NO3/c26-25(27,28)19-11-9-17(10-12-19)16-32-23-8-4-1-5-20(23)18-13-14-29(24(31)15-18)21-6-2-3-7-22(21)30/h1,4-5,8-15,21-22,30H,2-3,6-7,16H2. The van der Waals surface area contributed by atoms with Gasteiger partial charge in [-0.1, -0.05) is 43.2 Å². The summed E-state index contributed by atoms with van der Waals surface area (Å²) in [6.45, 7) is 0.0977. The van der Waals surface area contributed by atoms with Crippen LogP contribution < -0.4 is 10.3 Å². The lowest BCUT2D eigenvalue weighted by molar-refractivity contribution is -0.137. The Hall–Kier alpha value is -3.06. The Bertz CT molecular complexity index is 1120. The normalized spacial score (nSPS) is 19.0. The molecule has 0 saturated heterocycles. The summed E-state index contributed by atoms with van der Waals surface area (Å²) in [6.07, 6.45) is 0.229. The lowest BCUT2D eigenvalue weighted by atomic mass is 9.92. The number of aliphatic hydroxyl groups is 1. The minimum absolute atomic E-state index is 0.0977. The third-order valence-electron chi connectivity index (χ3n) is 5.87. The van der Waals surface area contributed by atoms with E-state index in [1.165, 1.54) is 18.2 Å². The molecule has 2 aromatic carbocycles. The molecule has 32 heavy (non-hydrogen) atoms. The molecular formula is C25H24F3NO3. The average molecular weight is 443 g/mol. The molecule has 3 aromatic rings. The zero-order valence-corrected chi connectivity index (χ0v) is 17.4. The first-order valence-electron chi connectivity index (χ1n) is 10.6. The third kappa shape index (κ3) is 4.88. The number of aliphatic hydroxyl groups excluding tert-OH is 1. The molecule has 2 atom stereocenters. The molecule has 0 radical (unpaired) electrons. The molecule has 4 nitrogen and oxygen atoms in total. The van der Waals surface area contributed by atoms with Gasteiger partial charge in [-0.15, -0.1) is 0 Å². The van der Waals surface area contributed by atoms with Crippen molar-refractivity contribution in [2.24, 2.45) is 0 Å². The van der Waals surface area contributed by atoms with Crippen LogP contribution in [0.25, 0.3) is 11.1 Å². The number of hydrogen-bond donors (Lipinski definition) is 1. The number of hydrogen-bond acceptors (Lipinski definition) is 3. The number of benzene rings is 2. The van der Waals surface area contributed by atoms with E-state index in [9.17, 15) is 23.1 Å². The van der Waals surface area contributed by atoms with Crippen LogP contribution in [0.1, 0.15) is 42.9 Å². The van der Waals surface area contributed by atoms with E-state index in [0.717, 1.165) is 31.4 Å². The summed E-state index contributed by atoms with van der Waals surface area (Å²) in [7, 11) is 0. The Labute approximate surface area is 183 Å². The molecule has 1 N–H and O–H groups in total. The van der Waals surface area contributed by atoms with E-state index in [2.05, 4.69) is 0 Å². The van der Waals surface area contributed by atoms with Gasteiger partial charge in [-0.3, -0.25) is 4.79 Å². The van der Waals surface area contributed by atoms with Crippen molar-refractivity contribution in [1.82, 2.24) is 4.57 Å². The number of halogens is 3. The summed E-state index contributed by atoms with van der Waals surface area (Å²) < 4.78 is 45.7. The Morgan fingerprint density at radius 2 is 1.72 bits per heavy atom. The number of alkyl halides is 3. The van der Waals surface area contributed by atoms with Gasteiger partial charge in [0, 0.05) is 17.8 Å². The first-order valence-corrected chi connectivity index (χ1v) is 10.6. The molecule has 0 bridgehead atoms. The molecule has 1 aliphatic rings. The molecule has 1 saturated carbocycles. The quantitative estimate of drug-likeness (QED) is 0.559. The maximum Gasteiger partial charge on any atom is 0.416 e. The van der Waals surface area contributed by atoms with Crippen molar-refractivity contribution in [3.05, 3.63) is 88.3 Å². The number of para-hydroxylation sites is 1. The first kappa shape index (κ1) is 22.1. The van der Waals surface area contributed by atoms with Crippen LogP contribution in [-0.4, -0.2) is 15.8 Å². The summed E-state index contributed by atoms with van der Waals surface area (Å²) in [5.74, 6) is 0.530. The smallest absolute Gasteiger partial charge is 0.416 e. The highest BCUT2D eigenvalue weighted by Gasteiger charge is 2.30. The number of pyridine rings is 1. The largest absolute Gasteiger partial charge is 0.488 e. The molecule has 7 heteroatoms. The van der Waals surface area contributed by atoms with Gasteiger partial charge < -0.3 is 14.4 Å². The maximum absolute atomic E-state index is 12.8. The molecule has 1 heterocycles. The van der Waals surface area contributed by atoms with Crippen molar-refractivity contribution in [2.45, 2.75) is 50.6 Å². The topological polar surface area (TPSA) is 51.5 Å². The number of nitrogens with zero attached hydrogens (tertiary/aromatic N) is 1. The van der Waals surface area contributed by atoms with Gasteiger partial charge in [-0.05, 0) is 48.2 Å². The van der Waals surface area contributed by atoms with E-state index < -0.39 is 17.8 Å². The highest BCUT2D eigenvalue weighted by atomic mass is 19.4. The summed E-state index contributed by atoms with van der Waals surface area (Å²) in [4.78, 5) is 12.8. The molecule has 1 aromatic heterocycles. The molecular weight excluding hydrogens is 419 g/mol. The second kappa shape index (κ2) is 9.20. The van der Waals surface area contributed by atoms with Crippen LogP contribution in [0.15, 0.2) is 71.7 Å². The van der Waals surface area contributed by atoms with Crippen LogP contribution in [0.5, 0.6) is 5.75 Å². The fourth-order valence-electron chi connectivity index (χ4n) is 4.13. The summed E-state index contributed by atoms with van der Waals surface area (Å²) in [5.41, 5.74) is 1.11. The van der Waals surface area contributed by atoms with Crippen LogP contribution in [-0.2, 0) is 12.8 Å². The van der Waals surface area contributed by atoms with Gasteiger partial charge in [0.2, 0.25) is 0 Å². The summed E-state index contributed by atoms with van der Waals surface area (Å²) in [6, 6.07) is 15.2. The first-order chi connectivity index (χ1) is 15.3. The molecule has 0 amide bonds. The van der Waals surface area contributed by atoms with Crippen LogP contribution >= 0.6 is 0 Å². The van der Waals surface area contributed by atoms with Gasteiger partial charge in [0.25, 0.3) is 5.56 Å². The van der Waals surface area contributed by atoms with Crippen molar-refractivity contribution in [1.29, 1.82) is 0 Å². The molecule has 168 valence electrons. The zero-order valence-electron chi connectivity index (χ0n) is 17.4. The Morgan fingerprint density at radius 3 is 2.41 bits per heavy atom. The maximum atomic E-state index is 12.8. The van der Waals surface area contributed by atoms with E-state index in [0.29, 0.717) is 28.9 Å². The molecule has 0 spiro atoms. The van der Waals surface area contributed by atoms with Crippen molar-refractivity contribution in [3.63, 3.8) is 0 Å². The predicted molar refractivity (Wildman–Crippen MR) is 115 cm³/mol. The Balaban J connectivity index is 1.53. The highest BCUT2D eigenvalue weighted by Crippen LogP contribution is 2.32. The van der Waals surface area contributed by atoms with Crippen molar-refractivity contribution in [3.8, 4) is 16.9 Å². The van der Waals surface area contributed by atoms with Crippen LogP contribution in [0, 0.1) is 0 Å².